The molecule has 2 aromatic rings. The fourth-order valence-corrected chi connectivity index (χ4v) is 2.58. The predicted molar refractivity (Wildman–Crippen MR) is 86.1 cm³/mol. The lowest BCUT2D eigenvalue weighted by molar-refractivity contribution is -0.129. The summed E-state index contributed by atoms with van der Waals surface area (Å²) in [5.74, 6) is 1.28. The quantitative estimate of drug-likeness (QED) is 0.849. The Balaban J connectivity index is 2.56. The number of amides is 1. The highest BCUT2D eigenvalue weighted by Gasteiger charge is 2.29. The van der Waals surface area contributed by atoms with E-state index in [1.54, 1.807) is 7.05 Å². The van der Waals surface area contributed by atoms with Gasteiger partial charge in [0, 0.05) is 25.2 Å². The highest BCUT2D eigenvalue weighted by atomic mass is 16.2. The summed E-state index contributed by atoms with van der Waals surface area (Å²) in [6.45, 7) is 8.68. The molecule has 5 nitrogen and oxygen atoms in total. The topological polar surface area (TPSA) is 72.9 Å². The number of carbonyl (C=O) groups excluding carboxylic acids is 1. The van der Waals surface area contributed by atoms with Crippen LogP contribution >= 0.6 is 0 Å². The maximum atomic E-state index is 12.1. The second-order valence-corrected chi connectivity index (χ2v) is 6.42. The van der Waals surface area contributed by atoms with Gasteiger partial charge in [-0.3, -0.25) is 4.79 Å². The number of anilines is 1. The average Bonchev–Trinajstić information content (AvgIpc) is 2.75. The summed E-state index contributed by atoms with van der Waals surface area (Å²) in [5.41, 5.74) is 7.94. The van der Waals surface area contributed by atoms with Crippen molar-refractivity contribution < 1.29 is 4.79 Å². The molecule has 21 heavy (non-hydrogen) atoms. The Labute approximate surface area is 125 Å². The third-order valence-corrected chi connectivity index (χ3v) is 3.71. The molecule has 0 saturated heterocycles. The molecule has 0 aliphatic rings. The van der Waals surface area contributed by atoms with E-state index in [2.05, 4.69) is 23.7 Å². The minimum atomic E-state index is -0.507. The van der Waals surface area contributed by atoms with Gasteiger partial charge in [0.25, 0.3) is 0 Å². The highest BCUT2D eigenvalue weighted by Crippen LogP contribution is 2.28. The van der Waals surface area contributed by atoms with Gasteiger partial charge in [-0.25, -0.2) is 4.98 Å². The number of imidazole rings is 1. The number of rotatable bonds is 4. The van der Waals surface area contributed by atoms with Gasteiger partial charge >= 0.3 is 0 Å². The van der Waals surface area contributed by atoms with Gasteiger partial charge in [-0.05, 0) is 32.0 Å². The first-order valence-corrected chi connectivity index (χ1v) is 7.24. The summed E-state index contributed by atoms with van der Waals surface area (Å²) in [7, 11) is 1.67. The number of benzene rings is 1. The van der Waals surface area contributed by atoms with E-state index in [1.807, 2.05) is 32.0 Å². The number of hydrogen-bond donors (Lipinski definition) is 2. The van der Waals surface area contributed by atoms with Crippen molar-refractivity contribution in [2.24, 2.45) is 5.41 Å². The molecular weight excluding hydrogens is 264 g/mol. The second kappa shape index (κ2) is 5.39. The Morgan fingerprint density at radius 2 is 2.10 bits per heavy atom. The summed E-state index contributed by atoms with van der Waals surface area (Å²) in [6.07, 6.45) is 0. The normalized spacial score (nSPS) is 12.1. The molecule has 1 aromatic heterocycles. The van der Waals surface area contributed by atoms with Crippen LogP contribution in [0.3, 0.4) is 0 Å². The van der Waals surface area contributed by atoms with E-state index >= 15 is 0 Å². The molecule has 2 rings (SSSR count). The van der Waals surface area contributed by atoms with Gasteiger partial charge in [0.05, 0.1) is 16.4 Å². The van der Waals surface area contributed by atoms with Crippen LogP contribution in [0.1, 0.15) is 39.4 Å². The van der Waals surface area contributed by atoms with Crippen molar-refractivity contribution in [3.05, 3.63) is 24.0 Å². The first-order valence-electron chi connectivity index (χ1n) is 7.24. The van der Waals surface area contributed by atoms with Crippen LogP contribution in [0.25, 0.3) is 11.0 Å². The molecule has 0 fully saturated rings. The molecular formula is C16H24N4O. The monoisotopic (exact) mass is 288 g/mol. The van der Waals surface area contributed by atoms with Crippen LogP contribution in [0.2, 0.25) is 0 Å². The zero-order valence-corrected chi connectivity index (χ0v) is 13.4. The first kappa shape index (κ1) is 15.4. The largest absolute Gasteiger partial charge is 0.399 e. The van der Waals surface area contributed by atoms with Crippen LogP contribution < -0.4 is 11.1 Å². The Morgan fingerprint density at radius 1 is 1.43 bits per heavy atom. The minimum absolute atomic E-state index is 0.0227. The molecule has 0 unspecified atom stereocenters. The molecule has 3 N–H and O–H groups in total. The lowest BCUT2D eigenvalue weighted by Crippen LogP contribution is -2.38. The van der Waals surface area contributed by atoms with Crippen molar-refractivity contribution in [2.45, 2.75) is 40.2 Å². The van der Waals surface area contributed by atoms with Gasteiger partial charge in [-0.15, -0.1) is 0 Å². The van der Waals surface area contributed by atoms with Gasteiger partial charge in [-0.1, -0.05) is 13.8 Å². The van der Waals surface area contributed by atoms with Crippen LogP contribution in [0, 0.1) is 5.41 Å². The number of carbonyl (C=O) groups is 1. The van der Waals surface area contributed by atoms with Crippen LogP contribution in [-0.2, 0) is 11.3 Å². The van der Waals surface area contributed by atoms with E-state index in [0.29, 0.717) is 12.2 Å². The number of nitrogens with one attached hydrogen (secondary N) is 1. The van der Waals surface area contributed by atoms with Crippen molar-refractivity contribution in [1.82, 2.24) is 14.9 Å². The smallest absolute Gasteiger partial charge is 0.227 e. The molecule has 1 amide bonds. The molecule has 0 radical (unpaired) electrons. The molecule has 114 valence electrons. The van der Waals surface area contributed by atoms with Crippen molar-refractivity contribution >= 4 is 22.6 Å². The van der Waals surface area contributed by atoms with Gasteiger partial charge in [0.1, 0.15) is 5.82 Å². The summed E-state index contributed by atoms with van der Waals surface area (Å²) in [6, 6.07) is 5.73. The summed E-state index contributed by atoms with van der Waals surface area (Å²) >= 11 is 0. The lowest BCUT2D eigenvalue weighted by Gasteiger charge is -2.25. The van der Waals surface area contributed by atoms with Crippen molar-refractivity contribution in [2.75, 3.05) is 12.8 Å². The molecule has 5 heteroatoms. The maximum Gasteiger partial charge on any atom is 0.227 e. The van der Waals surface area contributed by atoms with Crippen molar-refractivity contribution in [3.8, 4) is 0 Å². The van der Waals surface area contributed by atoms with Crippen LogP contribution in [0.5, 0.6) is 0 Å². The summed E-state index contributed by atoms with van der Waals surface area (Å²) in [5, 5.41) is 2.73. The van der Waals surface area contributed by atoms with Gasteiger partial charge < -0.3 is 15.6 Å². The highest BCUT2D eigenvalue weighted by molar-refractivity contribution is 5.83. The van der Waals surface area contributed by atoms with E-state index in [-0.39, 0.29) is 11.8 Å². The number of nitrogens with zero attached hydrogens (tertiary/aromatic N) is 2. The number of nitrogens with two attached hydrogens (primary N) is 1. The molecule has 0 aliphatic heterocycles. The number of hydrogen-bond acceptors (Lipinski definition) is 3. The molecule has 0 aliphatic carbocycles. The zero-order chi connectivity index (χ0) is 15.8. The zero-order valence-electron chi connectivity index (χ0n) is 13.4. The fourth-order valence-electron chi connectivity index (χ4n) is 2.58. The molecule has 0 saturated carbocycles. The number of fused-ring (bicyclic) bond motifs is 1. The third-order valence-electron chi connectivity index (χ3n) is 3.71. The standard InChI is InChI=1S/C16H24N4O/c1-10(2)14-19-12-8-11(17)6-7-13(12)20(14)9-16(3,4)15(21)18-5/h6-8,10H,9,17H2,1-5H3,(H,18,21). The number of nitrogen functional groups attached to an aromatic ring is 1. The summed E-state index contributed by atoms with van der Waals surface area (Å²) in [4.78, 5) is 16.8. The molecule has 1 aromatic carbocycles. The Hall–Kier alpha value is -2.04. The predicted octanol–water partition coefficient (Wildman–Crippen LogP) is 2.51. The van der Waals surface area contributed by atoms with Gasteiger partial charge in [-0.2, -0.15) is 0 Å². The summed E-state index contributed by atoms with van der Waals surface area (Å²) < 4.78 is 2.13. The van der Waals surface area contributed by atoms with Crippen LogP contribution in [-0.4, -0.2) is 22.5 Å². The Morgan fingerprint density at radius 3 is 2.67 bits per heavy atom. The maximum absolute atomic E-state index is 12.1. The van der Waals surface area contributed by atoms with E-state index in [9.17, 15) is 4.79 Å². The minimum Gasteiger partial charge on any atom is -0.399 e. The SMILES string of the molecule is CNC(=O)C(C)(C)Cn1c(C(C)C)nc2cc(N)ccc21. The average molecular weight is 288 g/mol. The van der Waals surface area contributed by atoms with Crippen LogP contribution in [0.15, 0.2) is 18.2 Å². The molecule has 0 bridgehead atoms. The van der Waals surface area contributed by atoms with Crippen molar-refractivity contribution in [1.29, 1.82) is 0 Å². The molecule has 1 heterocycles. The lowest BCUT2D eigenvalue weighted by atomic mass is 9.92. The van der Waals surface area contributed by atoms with Gasteiger partial charge in [0.15, 0.2) is 0 Å². The second-order valence-electron chi connectivity index (χ2n) is 6.42. The Bertz CT molecular complexity index is 670. The van der Waals surface area contributed by atoms with E-state index in [4.69, 9.17) is 10.7 Å². The van der Waals surface area contributed by atoms with E-state index < -0.39 is 5.41 Å². The van der Waals surface area contributed by atoms with Gasteiger partial charge in [0.2, 0.25) is 5.91 Å². The van der Waals surface area contributed by atoms with E-state index in [0.717, 1.165) is 16.9 Å². The van der Waals surface area contributed by atoms with Crippen LogP contribution in [0.4, 0.5) is 5.69 Å². The fraction of sp³-hybridized carbons (Fsp3) is 0.500. The van der Waals surface area contributed by atoms with E-state index in [1.165, 1.54) is 0 Å². The molecule has 0 spiro atoms. The first-order chi connectivity index (χ1) is 9.76. The van der Waals surface area contributed by atoms with Crippen molar-refractivity contribution in [3.63, 3.8) is 0 Å². The number of aromatic nitrogens is 2. The Kier molecular flexibility index (Phi) is 3.94. The molecule has 0 atom stereocenters. The third kappa shape index (κ3) is 2.86.